The highest BCUT2D eigenvalue weighted by Gasteiger charge is 2.15. The summed E-state index contributed by atoms with van der Waals surface area (Å²) < 4.78 is 10.6. The van der Waals surface area contributed by atoms with Gasteiger partial charge in [-0.3, -0.25) is 9.59 Å². The zero-order valence-corrected chi connectivity index (χ0v) is 12.8. The van der Waals surface area contributed by atoms with Gasteiger partial charge in [0.25, 0.3) is 0 Å². The van der Waals surface area contributed by atoms with E-state index in [1.165, 1.54) is 6.21 Å². The van der Waals surface area contributed by atoms with Gasteiger partial charge in [0.05, 0.1) is 18.5 Å². The zero-order valence-electron chi connectivity index (χ0n) is 12.8. The number of benzene rings is 1. The second kappa shape index (κ2) is 7.79. The Hall–Kier alpha value is -3.09. The number of para-hydroxylation sites is 2. The molecular weight excluding hydrogens is 298 g/mol. The third-order valence-corrected chi connectivity index (χ3v) is 2.76. The number of carbonyl (C=O) groups excluding carboxylic acids is 2. The second-order valence-corrected chi connectivity index (χ2v) is 4.53. The molecule has 0 bridgehead atoms. The molecule has 0 radical (unpaired) electrons. The Balaban J connectivity index is 1.92. The predicted octanol–water partition coefficient (Wildman–Crippen LogP) is 2.08. The van der Waals surface area contributed by atoms with E-state index in [2.05, 4.69) is 15.8 Å². The summed E-state index contributed by atoms with van der Waals surface area (Å²) in [5.74, 6) is -0.0422. The lowest BCUT2D eigenvalue weighted by molar-refractivity contribution is -0.136. The molecule has 0 saturated heterocycles. The molecule has 2 rings (SSSR count). The quantitative estimate of drug-likeness (QED) is 0.502. The first-order valence-corrected chi connectivity index (χ1v) is 7.02. The molecule has 7 nitrogen and oxygen atoms in total. The first kappa shape index (κ1) is 16.3. The van der Waals surface area contributed by atoms with Crippen LogP contribution in [0.3, 0.4) is 0 Å². The van der Waals surface area contributed by atoms with Crippen LogP contribution >= 0.6 is 0 Å². The van der Waals surface area contributed by atoms with Crippen molar-refractivity contribution in [3.05, 3.63) is 47.9 Å². The Morgan fingerprint density at radius 1 is 1.22 bits per heavy atom. The lowest BCUT2D eigenvalue weighted by atomic mass is 10.3. The summed E-state index contributed by atoms with van der Waals surface area (Å²) in [5, 5.41) is 6.14. The van der Waals surface area contributed by atoms with Crippen molar-refractivity contribution in [1.82, 2.24) is 5.43 Å². The Kier molecular flexibility index (Phi) is 5.51. The number of ether oxygens (including phenoxy) is 1. The van der Waals surface area contributed by atoms with Crippen LogP contribution in [0.4, 0.5) is 5.69 Å². The molecule has 1 aromatic carbocycles. The van der Waals surface area contributed by atoms with Gasteiger partial charge in [-0.05, 0) is 38.1 Å². The average Bonchev–Trinajstić information content (AvgIpc) is 2.94. The summed E-state index contributed by atoms with van der Waals surface area (Å²) in [6.45, 7) is 4.07. The van der Waals surface area contributed by atoms with Gasteiger partial charge < -0.3 is 14.5 Å². The number of hydrogen-bond acceptors (Lipinski definition) is 5. The average molecular weight is 315 g/mol. The van der Waals surface area contributed by atoms with Crippen LogP contribution < -0.4 is 15.5 Å². The van der Waals surface area contributed by atoms with Gasteiger partial charge in [0.2, 0.25) is 0 Å². The summed E-state index contributed by atoms with van der Waals surface area (Å²) in [7, 11) is 0. The Bertz CT molecular complexity index is 722. The molecule has 120 valence electrons. The van der Waals surface area contributed by atoms with E-state index in [1.54, 1.807) is 43.3 Å². The van der Waals surface area contributed by atoms with Crippen molar-refractivity contribution in [1.29, 1.82) is 0 Å². The van der Waals surface area contributed by atoms with Crippen molar-refractivity contribution in [2.75, 3.05) is 11.9 Å². The molecule has 0 atom stereocenters. The van der Waals surface area contributed by atoms with Gasteiger partial charge in [-0.2, -0.15) is 5.10 Å². The van der Waals surface area contributed by atoms with Crippen LogP contribution in [0.1, 0.15) is 18.4 Å². The molecule has 0 aliphatic rings. The standard InChI is InChI=1S/C16H17N3O4/c1-3-22-14-7-5-4-6-13(14)18-15(20)16(21)19-17-10-12-9-8-11(2)23-12/h4-10H,3H2,1-2H3,(H,18,20)(H,19,21). The van der Waals surface area contributed by atoms with Crippen LogP contribution in [0, 0.1) is 6.92 Å². The lowest BCUT2D eigenvalue weighted by Gasteiger charge is -2.10. The van der Waals surface area contributed by atoms with E-state index in [-0.39, 0.29) is 0 Å². The van der Waals surface area contributed by atoms with Crippen LogP contribution in [0.5, 0.6) is 5.75 Å². The number of anilines is 1. The predicted molar refractivity (Wildman–Crippen MR) is 85.4 cm³/mol. The fraction of sp³-hybridized carbons (Fsp3) is 0.188. The molecule has 0 aliphatic carbocycles. The van der Waals surface area contributed by atoms with E-state index in [0.717, 1.165) is 5.76 Å². The van der Waals surface area contributed by atoms with Crippen LogP contribution in [0.15, 0.2) is 45.9 Å². The minimum Gasteiger partial charge on any atom is -0.492 e. The first-order valence-electron chi connectivity index (χ1n) is 7.02. The molecule has 2 amide bonds. The van der Waals surface area contributed by atoms with Gasteiger partial charge in [-0.25, -0.2) is 5.43 Å². The van der Waals surface area contributed by atoms with E-state index in [0.29, 0.717) is 23.8 Å². The number of furan rings is 1. The molecule has 1 aromatic heterocycles. The molecule has 0 aliphatic heterocycles. The lowest BCUT2D eigenvalue weighted by Crippen LogP contribution is -2.32. The molecule has 0 fully saturated rings. The third-order valence-electron chi connectivity index (χ3n) is 2.76. The molecule has 0 spiro atoms. The Morgan fingerprint density at radius 3 is 2.70 bits per heavy atom. The SMILES string of the molecule is CCOc1ccccc1NC(=O)C(=O)NN=Cc1ccc(C)o1. The van der Waals surface area contributed by atoms with Crippen molar-refractivity contribution in [2.24, 2.45) is 5.10 Å². The number of carbonyl (C=O) groups is 2. The highest BCUT2D eigenvalue weighted by molar-refractivity contribution is 6.39. The van der Waals surface area contributed by atoms with Crippen molar-refractivity contribution < 1.29 is 18.7 Å². The fourth-order valence-corrected chi connectivity index (χ4v) is 1.76. The molecule has 0 unspecified atom stereocenters. The number of rotatable bonds is 5. The number of aryl methyl sites for hydroxylation is 1. The highest BCUT2D eigenvalue weighted by atomic mass is 16.5. The molecule has 23 heavy (non-hydrogen) atoms. The maximum Gasteiger partial charge on any atom is 0.329 e. The van der Waals surface area contributed by atoms with Gasteiger partial charge in [-0.1, -0.05) is 12.1 Å². The Morgan fingerprint density at radius 2 is 2.00 bits per heavy atom. The molecular formula is C16H17N3O4. The fourth-order valence-electron chi connectivity index (χ4n) is 1.76. The molecule has 0 saturated carbocycles. The van der Waals surface area contributed by atoms with Gasteiger partial charge in [0.1, 0.15) is 17.3 Å². The largest absolute Gasteiger partial charge is 0.492 e. The number of amides is 2. The monoisotopic (exact) mass is 315 g/mol. The number of nitrogens with one attached hydrogen (secondary N) is 2. The van der Waals surface area contributed by atoms with Gasteiger partial charge in [0, 0.05) is 0 Å². The minimum absolute atomic E-state index is 0.417. The number of hydrogen-bond donors (Lipinski definition) is 2. The van der Waals surface area contributed by atoms with E-state index >= 15 is 0 Å². The van der Waals surface area contributed by atoms with Crippen molar-refractivity contribution in [3.63, 3.8) is 0 Å². The number of hydrazone groups is 1. The highest BCUT2D eigenvalue weighted by Crippen LogP contribution is 2.23. The van der Waals surface area contributed by atoms with E-state index in [1.807, 2.05) is 6.92 Å². The maximum absolute atomic E-state index is 11.8. The normalized spacial score (nSPS) is 10.5. The molecule has 1 heterocycles. The number of nitrogens with zero attached hydrogens (tertiary/aromatic N) is 1. The summed E-state index contributed by atoms with van der Waals surface area (Å²) in [5.41, 5.74) is 2.55. The third kappa shape index (κ3) is 4.70. The topological polar surface area (TPSA) is 92.9 Å². The summed E-state index contributed by atoms with van der Waals surface area (Å²) in [6.07, 6.45) is 1.31. The van der Waals surface area contributed by atoms with Crippen molar-refractivity contribution in [2.45, 2.75) is 13.8 Å². The second-order valence-electron chi connectivity index (χ2n) is 4.53. The van der Waals surface area contributed by atoms with Gasteiger partial charge in [0.15, 0.2) is 0 Å². The Labute approximate surface area is 133 Å². The molecule has 2 N–H and O–H groups in total. The van der Waals surface area contributed by atoms with Crippen molar-refractivity contribution >= 4 is 23.7 Å². The zero-order chi connectivity index (χ0) is 16.7. The summed E-state index contributed by atoms with van der Waals surface area (Å²) >= 11 is 0. The maximum atomic E-state index is 11.8. The van der Waals surface area contributed by atoms with Crippen LogP contribution in [0.2, 0.25) is 0 Å². The summed E-state index contributed by atoms with van der Waals surface area (Å²) in [6, 6.07) is 10.3. The first-order chi connectivity index (χ1) is 11.1. The van der Waals surface area contributed by atoms with Crippen LogP contribution in [-0.2, 0) is 9.59 Å². The van der Waals surface area contributed by atoms with E-state index in [9.17, 15) is 9.59 Å². The van der Waals surface area contributed by atoms with E-state index in [4.69, 9.17) is 9.15 Å². The molecule has 7 heteroatoms. The van der Waals surface area contributed by atoms with Crippen LogP contribution in [-0.4, -0.2) is 24.6 Å². The van der Waals surface area contributed by atoms with Crippen LogP contribution in [0.25, 0.3) is 0 Å². The smallest absolute Gasteiger partial charge is 0.329 e. The van der Waals surface area contributed by atoms with Gasteiger partial charge in [-0.15, -0.1) is 0 Å². The van der Waals surface area contributed by atoms with Gasteiger partial charge >= 0.3 is 11.8 Å². The molecule has 2 aromatic rings. The summed E-state index contributed by atoms with van der Waals surface area (Å²) in [4.78, 5) is 23.5. The van der Waals surface area contributed by atoms with Crippen molar-refractivity contribution in [3.8, 4) is 5.75 Å². The van der Waals surface area contributed by atoms with E-state index < -0.39 is 11.8 Å². The minimum atomic E-state index is -0.893.